The zero-order valence-electron chi connectivity index (χ0n) is 11.8. The summed E-state index contributed by atoms with van der Waals surface area (Å²) in [6.07, 6.45) is 2.58. The van der Waals surface area contributed by atoms with Crippen LogP contribution >= 0.6 is 0 Å². The first-order chi connectivity index (χ1) is 7.56. The Morgan fingerprint density at radius 3 is 2.38 bits per heavy atom. The summed E-state index contributed by atoms with van der Waals surface area (Å²) >= 11 is 0. The highest BCUT2D eigenvalue weighted by Gasteiger charge is 2.06. The average Bonchev–Trinajstić information content (AvgIpc) is 2.20. The predicted octanol–water partition coefficient (Wildman–Crippen LogP) is 1.98. The molecule has 98 valence electrons. The normalized spacial score (nSPS) is 13.7. The van der Waals surface area contributed by atoms with E-state index in [-0.39, 0.29) is 0 Å². The second-order valence-electron chi connectivity index (χ2n) is 5.11. The first-order valence-corrected chi connectivity index (χ1v) is 6.53. The van der Waals surface area contributed by atoms with Crippen LogP contribution in [-0.2, 0) is 4.74 Å². The minimum Gasteiger partial charge on any atom is -0.377 e. The lowest BCUT2D eigenvalue weighted by molar-refractivity contribution is 0.0461. The molecule has 0 fully saturated rings. The van der Waals surface area contributed by atoms with Crippen molar-refractivity contribution in [2.75, 3.05) is 40.3 Å². The number of ether oxygens (including phenoxy) is 1. The summed E-state index contributed by atoms with van der Waals surface area (Å²) in [6.45, 7) is 10.7. The molecule has 16 heavy (non-hydrogen) atoms. The van der Waals surface area contributed by atoms with E-state index in [1.54, 1.807) is 0 Å². The third-order valence-electron chi connectivity index (χ3n) is 2.48. The van der Waals surface area contributed by atoms with Crippen LogP contribution in [0.15, 0.2) is 0 Å². The largest absolute Gasteiger partial charge is 0.377 e. The van der Waals surface area contributed by atoms with E-state index in [1.165, 1.54) is 0 Å². The van der Waals surface area contributed by atoms with Crippen LogP contribution in [0.4, 0.5) is 0 Å². The van der Waals surface area contributed by atoms with Gasteiger partial charge in [0.25, 0.3) is 0 Å². The third kappa shape index (κ3) is 10.4. The SMILES string of the molecule is CCC(CNCC(C)C)OCCCN(C)C. The summed E-state index contributed by atoms with van der Waals surface area (Å²) in [4.78, 5) is 2.20. The molecule has 0 aliphatic rings. The van der Waals surface area contributed by atoms with Gasteiger partial charge in [0, 0.05) is 13.2 Å². The number of hydrogen-bond acceptors (Lipinski definition) is 3. The monoisotopic (exact) mass is 230 g/mol. The van der Waals surface area contributed by atoms with Gasteiger partial charge in [-0.25, -0.2) is 0 Å². The van der Waals surface area contributed by atoms with Crippen molar-refractivity contribution < 1.29 is 4.74 Å². The van der Waals surface area contributed by atoms with E-state index in [0.717, 1.165) is 39.1 Å². The zero-order valence-corrected chi connectivity index (χ0v) is 11.8. The van der Waals surface area contributed by atoms with Gasteiger partial charge >= 0.3 is 0 Å². The molecule has 0 amide bonds. The molecule has 0 heterocycles. The topological polar surface area (TPSA) is 24.5 Å². The van der Waals surface area contributed by atoms with Crippen molar-refractivity contribution in [3.8, 4) is 0 Å². The maximum absolute atomic E-state index is 5.83. The molecule has 0 aliphatic heterocycles. The van der Waals surface area contributed by atoms with Crippen LogP contribution in [0.2, 0.25) is 0 Å². The maximum atomic E-state index is 5.83. The van der Waals surface area contributed by atoms with E-state index in [0.29, 0.717) is 12.0 Å². The second-order valence-corrected chi connectivity index (χ2v) is 5.11. The van der Waals surface area contributed by atoms with E-state index in [9.17, 15) is 0 Å². The van der Waals surface area contributed by atoms with E-state index in [2.05, 4.69) is 45.1 Å². The Balaban J connectivity index is 3.44. The molecule has 0 aromatic heterocycles. The zero-order chi connectivity index (χ0) is 12.4. The van der Waals surface area contributed by atoms with Crippen molar-refractivity contribution in [2.24, 2.45) is 5.92 Å². The molecule has 1 unspecified atom stereocenters. The standard InChI is InChI=1S/C13H30N2O/c1-6-13(11-14-10-12(2)3)16-9-7-8-15(4)5/h12-14H,6-11H2,1-5H3. The predicted molar refractivity (Wildman–Crippen MR) is 70.9 cm³/mol. The van der Waals surface area contributed by atoms with E-state index in [4.69, 9.17) is 4.74 Å². The van der Waals surface area contributed by atoms with Crippen LogP contribution in [0, 0.1) is 5.92 Å². The molecular weight excluding hydrogens is 200 g/mol. The van der Waals surface area contributed by atoms with Gasteiger partial charge < -0.3 is 15.0 Å². The molecule has 0 spiro atoms. The van der Waals surface area contributed by atoms with Crippen LogP contribution in [0.25, 0.3) is 0 Å². The second kappa shape index (κ2) is 10.1. The van der Waals surface area contributed by atoms with Gasteiger partial charge in [-0.15, -0.1) is 0 Å². The van der Waals surface area contributed by atoms with Gasteiger partial charge in [-0.1, -0.05) is 20.8 Å². The highest BCUT2D eigenvalue weighted by molar-refractivity contribution is 4.61. The summed E-state index contributed by atoms with van der Waals surface area (Å²) < 4.78 is 5.83. The van der Waals surface area contributed by atoms with E-state index in [1.807, 2.05) is 0 Å². The van der Waals surface area contributed by atoms with Gasteiger partial charge in [0.15, 0.2) is 0 Å². The summed E-state index contributed by atoms with van der Waals surface area (Å²) in [5, 5.41) is 3.45. The molecule has 0 radical (unpaired) electrons. The van der Waals surface area contributed by atoms with Gasteiger partial charge in [-0.2, -0.15) is 0 Å². The molecule has 0 aromatic carbocycles. The van der Waals surface area contributed by atoms with Gasteiger partial charge in [-0.05, 0) is 45.9 Å². The fraction of sp³-hybridized carbons (Fsp3) is 1.00. The Morgan fingerprint density at radius 2 is 1.88 bits per heavy atom. The van der Waals surface area contributed by atoms with Crippen LogP contribution in [0.3, 0.4) is 0 Å². The lowest BCUT2D eigenvalue weighted by Gasteiger charge is -2.18. The molecule has 3 nitrogen and oxygen atoms in total. The van der Waals surface area contributed by atoms with Gasteiger partial charge in [0.1, 0.15) is 0 Å². The van der Waals surface area contributed by atoms with Crippen LogP contribution in [-0.4, -0.2) is 51.3 Å². The highest BCUT2D eigenvalue weighted by atomic mass is 16.5. The Morgan fingerprint density at radius 1 is 1.19 bits per heavy atom. The number of nitrogens with zero attached hydrogens (tertiary/aromatic N) is 1. The first kappa shape index (κ1) is 15.9. The van der Waals surface area contributed by atoms with Gasteiger partial charge in [-0.3, -0.25) is 0 Å². The molecule has 1 N–H and O–H groups in total. The number of hydrogen-bond donors (Lipinski definition) is 1. The smallest absolute Gasteiger partial charge is 0.0696 e. The molecule has 0 saturated heterocycles. The van der Waals surface area contributed by atoms with Crippen molar-refractivity contribution in [1.29, 1.82) is 0 Å². The Kier molecular flexibility index (Phi) is 9.99. The van der Waals surface area contributed by atoms with Crippen LogP contribution < -0.4 is 5.32 Å². The third-order valence-corrected chi connectivity index (χ3v) is 2.48. The highest BCUT2D eigenvalue weighted by Crippen LogP contribution is 1.99. The Labute approximate surface area is 102 Å². The molecular formula is C13H30N2O. The maximum Gasteiger partial charge on any atom is 0.0696 e. The minimum absolute atomic E-state index is 0.376. The molecule has 0 rings (SSSR count). The first-order valence-electron chi connectivity index (χ1n) is 6.53. The van der Waals surface area contributed by atoms with Crippen LogP contribution in [0.1, 0.15) is 33.6 Å². The Hall–Kier alpha value is -0.120. The van der Waals surface area contributed by atoms with Gasteiger partial charge in [0.2, 0.25) is 0 Å². The Bertz CT molecular complexity index is 149. The summed E-state index contributed by atoms with van der Waals surface area (Å²) in [5.41, 5.74) is 0. The number of rotatable bonds is 10. The van der Waals surface area contributed by atoms with Crippen molar-refractivity contribution in [3.05, 3.63) is 0 Å². The van der Waals surface area contributed by atoms with Crippen molar-refractivity contribution in [1.82, 2.24) is 10.2 Å². The summed E-state index contributed by atoms with van der Waals surface area (Å²) in [7, 11) is 4.20. The minimum atomic E-state index is 0.376. The van der Waals surface area contributed by atoms with Crippen LogP contribution in [0.5, 0.6) is 0 Å². The lowest BCUT2D eigenvalue weighted by Crippen LogP contribution is -2.31. The van der Waals surface area contributed by atoms with Gasteiger partial charge in [0.05, 0.1) is 6.10 Å². The fourth-order valence-corrected chi connectivity index (χ4v) is 1.48. The summed E-state index contributed by atoms with van der Waals surface area (Å²) in [5.74, 6) is 0.714. The van der Waals surface area contributed by atoms with Crippen molar-refractivity contribution in [2.45, 2.75) is 39.7 Å². The quantitative estimate of drug-likeness (QED) is 0.581. The fourth-order valence-electron chi connectivity index (χ4n) is 1.48. The molecule has 0 saturated carbocycles. The molecule has 1 atom stereocenters. The molecule has 0 aromatic rings. The molecule has 0 bridgehead atoms. The average molecular weight is 230 g/mol. The van der Waals surface area contributed by atoms with E-state index < -0.39 is 0 Å². The van der Waals surface area contributed by atoms with Crippen molar-refractivity contribution >= 4 is 0 Å². The van der Waals surface area contributed by atoms with E-state index >= 15 is 0 Å². The molecule has 3 heteroatoms. The molecule has 0 aliphatic carbocycles. The number of nitrogens with one attached hydrogen (secondary N) is 1. The lowest BCUT2D eigenvalue weighted by atomic mass is 10.2. The summed E-state index contributed by atoms with van der Waals surface area (Å²) in [6, 6.07) is 0. The van der Waals surface area contributed by atoms with Crippen molar-refractivity contribution in [3.63, 3.8) is 0 Å².